The lowest BCUT2D eigenvalue weighted by molar-refractivity contribution is -0.123. The van der Waals surface area contributed by atoms with Crippen molar-refractivity contribution in [3.05, 3.63) is 77.6 Å². The molecular formula is C28H32N6O4. The number of rotatable bonds is 6. The Morgan fingerprint density at radius 2 is 1.92 bits per heavy atom. The van der Waals surface area contributed by atoms with E-state index in [-0.39, 0.29) is 24.6 Å². The molecule has 1 saturated heterocycles. The minimum absolute atomic E-state index is 0.0175. The number of methoxy groups -OCH3 is 1. The van der Waals surface area contributed by atoms with Crippen molar-refractivity contribution in [1.29, 1.82) is 0 Å². The van der Waals surface area contributed by atoms with E-state index in [1.165, 1.54) is 0 Å². The third-order valence-corrected chi connectivity index (χ3v) is 6.58. The van der Waals surface area contributed by atoms with Crippen LogP contribution in [0.4, 0.5) is 4.79 Å². The summed E-state index contributed by atoms with van der Waals surface area (Å²) in [6, 6.07) is 14.2. The van der Waals surface area contributed by atoms with E-state index in [9.17, 15) is 9.59 Å². The molecule has 3 heterocycles. The van der Waals surface area contributed by atoms with Crippen LogP contribution >= 0.6 is 0 Å². The van der Waals surface area contributed by atoms with Crippen LogP contribution in [0.25, 0.3) is 0 Å². The molecule has 38 heavy (non-hydrogen) atoms. The highest BCUT2D eigenvalue weighted by atomic mass is 16.5. The molecule has 2 aromatic carbocycles. The van der Waals surface area contributed by atoms with E-state index in [1.807, 2.05) is 75.6 Å². The van der Waals surface area contributed by atoms with Crippen molar-refractivity contribution in [3.63, 3.8) is 0 Å². The molecule has 0 saturated carbocycles. The largest absolute Gasteiger partial charge is 0.497 e. The number of amidine groups is 1. The number of carbonyl (C=O) groups is 2. The second kappa shape index (κ2) is 10.6. The van der Waals surface area contributed by atoms with Crippen molar-refractivity contribution in [2.75, 3.05) is 26.7 Å². The number of hydrogen-bond donors (Lipinski definition) is 1. The highest BCUT2D eigenvalue weighted by Crippen LogP contribution is 2.45. The topological polar surface area (TPSA) is 101 Å². The van der Waals surface area contributed by atoms with E-state index in [1.54, 1.807) is 27.8 Å². The van der Waals surface area contributed by atoms with Crippen molar-refractivity contribution in [3.8, 4) is 11.5 Å². The number of aryl methyl sites for hydroxylation is 1. The lowest BCUT2D eigenvalue weighted by Gasteiger charge is -2.35. The number of aromatic nitrogens is 2. The maximum Gasteiger partial charge on any atom is 0.326 e. The quantitative estimate of drug-likeness (QED) is 0.542. The molecule has 0 bridgehead atoms. The summed E-state index contributed by atoms with van der Waals surface area (Å²) in [5.41, 5.74) is 2.47. The van der Waals surface area contributed by atoms with E-state index in [2.05, 4.69) is 10.4 Å². The van der Waals surface area contributed by atoms with Crippen LogP contribution in [0.2, 0.25) is 0 Å². The minimum atomic E-state index is -0.479. The van der Waals surface area contributed by atoms with Gasteiger partial charge in [0.05, 0.1) is 31.0 Å². The van der Waals surface area contributed by atoms with E-state index in [4.69, 9.17) is 14.5 Å². The van der Waals surface area contributed by atoms with Gasteiger partial charge in [-0.3, -0.25) is 19.4 Å². The SMILES string of the molecule is COc1ccc(C2=N[C@@H](c3ccccc3)[C@@H](c3cnn(C)c3)N2C(=O)N2CCNC(=O)C2)c(OC(C)C)c1. The molecule has 1 fully saturated rings. The van der Waals surface area contributed by atoms with Crippen molar-refractivity contribution in [2.24, 2.45) is 12.0 Å². The van der Waals surface area contributed by atoms with Crippen LogP contribution in [0.3, 0.4) is 0 Å². The number of aliphatic imine (C=N–C) groups is 1. The Bertz CT molecular complexity index is 1350. The summed E-state index contributed by atoms with van der Waals surface area (Å²) in [6.45, 7) is 4.67. The fourth-order valence-corrected chi connectivity index (χ4v) is 4.90. The second-order valence-electron chi connectivity index (χ2n) is 9.65. The van der Waals surface area contributed by atoms with Gasteiger partial charge >= 0.3 is 6.03 Å². The lowest BCUT2D eigenvalue weighted by atomic mass is 9.95. The maximum absolute atomic E-state index is 14.3. The average molecular weight is 517 g/mol. The van der Waals surface area contributed by atoms with Gasteiger partial charge in [-0.25, -0.2) is 4.79 Å². The number of piperazine rings is 1. The molecule has 10 heteroatoms. The van der Waals surface area contributed by atoms with Crippen molar-refractivity contribution >= 4 is 17.8 Å². The third-order valence-electron chi connectivity index (χ3n) is 6.58. The Morgan fingerprint density at radius 3 is 2.58 bits per heavy atom. The molecule has 5 rings (SSSR count). The number of benzene rings is 2. The summed E-state index contributed by atoms with van der Waals surface area (Å²) < 4.78 is 13.4. The van der Waals surface area contributed by atoms with Gasteiger partial charge in [0, 0.05) is 38.0 Å². The molecule has 3 aromatic rings. The zero-order chi connectivity index (χ0) is 26.8. The molecule has 198 valence electrons. The van der Waals surface area contributed by atoms with Gasteiger partial charge < -0.3 is 19.7 Å². The van der Waals surface area contributed by atoms with Crippen molar-refractivity contribution in [2.45, 2.75) is 32.0 Å². The van der Waals surface area contributed by atoms with Crippen LogP contribution in [-0.4, -0.2) is 70.2 Å². The van der Waals surface area contributed by atoms with E-state index in [0.717, 1.165) is 11.1 Å². The number of hydrogen-bond acceptors (Lipinski definition) is 6. The Labute approximate surface area is 221 Å². The van der Waals surface area contributed by atoms with Crippen molar-refractivity contribution in [1.82, 2.24) is 24.9 Å². The van der Waals surface area contributed by atoms with E-state index < -0.39 is 12.1 Å². The number of nitrogens with zero attached hydrogens (tertiary/aromatic N) is 5. The predicted octanol–water partition coefficient (Wildman–Crippen LogP) is 3.31. The van der Waals surface area contributed by atoms with Gasteiger partial charge in [0.15, 0.2) is 0 Å². The van der Waals surface area contributed by atoms with E-state index in [0.29, 0.717) is 36.0 Å². The van der Waals surface area contributed by atoms with Gasteiger partial charge in [0.2, 0.25) is 5.91 Å². The van der Waals surface area contributed by atoms with Crippen LogP contribution < -0.4 is 14.8 Å². The van der Waals surface area contributed by atoms with Crippen LogP contribution in [0, 0.1) is 0 Å². The fraction of sp³-hybridized carbons (Fsp3) is 0.357. The Kier molecular flexibility index (Phi) is 7.04. The molecule has 10 nitrogen and oxygen atoms in total. The normalized spacial score (nSPS) is 19.4. The molecule has 1 aromatic heterocycles. The average Bonchev–Trinajstić information content (AvgIpc) is 3.52. The van der Waals surface area contributed by atoms with Gasteiger partial charge in [-0.2, -0.15) is 5.10 Å². The Balaban J connectivity index is 1.69. The van der Waals surface area contributed by atoms with Gasteiger partial charge in [0.25, 0.3) is 0 Å². The summed E-state index contributed by atoms with van der Waals surface area (Å²) >= 11 is 0. The zero-order valence-corrected chi connectivity index (χ0v) is 22.0. The van der Waals surface area contributed by atoms with Crippen LogP contribution in [0.5, 0.6) is 11.5 Å². The Hall–Kier alpha value is -4.34. The second-order valence-corrected chi connectivity index (χ2v) is 9.65. The van der Waals surface area contributed by atoms with Gasteiger partial charge in [-0.1, -0.05) is 30.3 Å². The van der Waals surface area contributed by atoms with Crippen molar-refractivity contribution < 1.29 is 19.1 Å². The molecule has 3 amide bonds. The molecule has 1 N–H and O–H groups in total. The Morgan fingerprint density at radius 1 is 1.13 bits per heavy atom. The number of carbonyl (C=O) groups excluding carboxylic acids is 2. The molecule has 0 unspecified atom stereocenters. The first-order chi connectivity index (χ1) is 18.4. The smallest absolute Gasteiger partial charge is 0.326 e. The van der Waals surface area contributed by atoms with Gasteiger partial charge in [-0.05, 0) is 31.5 Å². The minimum Gasteiger partial charge on any atom is -0.497 e. The third kappa shape index (κ3) is 4.93. The summed E-state index contributed by atoms with van der Waals surface area (Å²) in [5.74, 6) is 1.48. The first-order valence-corrected chi connectivity index (χ1v) is 12.7. The number of ether oxygens (including phenoxy) is 2. The summed E-state index contributed by atoms with van der Waals surface area (Å²) in [7, 11) is 3.44. The maximum atomic E-state index is 14.3. The molecule has 0 aliphatic carbocycles. The summed E-state index contributed by atoms with van der Waals surface area (Å²) in [5, 5.41) is 7.19. The standard InChI is InChI=1S/C28H32N6O4/c1-18(2)38-23-14-21(37-4)10-11-22(23)27-31-25(19-8-6-5-7-9-19)26(20-15-30-32(3)16-20)34(27)28(36)33-13-12-29-24(35)17-33/h5-11,14-16,18,25-26H,12-13,17H2,1-4H3,(H,29,35)/t25-,26+/m0/s1. The molecule has 0 radical (unpaired) electrons. The van der Waals surface area contributed by atoms with Gasteiger partial charge in [0.1, 0.15) is 29.9 Å². The first kappa shape index (κ1) is 25.3. The highest BCUT2D eigenvalue weighted by molar-refractivity contribution is 6.11. The number of nitrogens with one attached hydrogen (secondary N) is 1. The van der Waals surface area contributed by atoms with Crippen LogP contribution in [0.1, 0.15) is 42.6 Å². The van der Waals surface area contributed by atoms with Crippen LogP contribution in [-0.2, 0) is 11.8 Å². The lowest BCUT2D eigenvalue weighted by Crippen LogP contribution is -2.55. The fourth-order valence-electron chi connectivity index (χ4n) is 4.90. The molecular weight excluding hydrogens is 484 g/mol. The molecule has 2 atom stereocenters. The molecule has 2 aliphatic rings. The monoisotopic (exact) mass is 516 g/mol. The summed E-state index contributed by atoms with van der Waals surface area (Å²) in [4.78, 5) is 34.9. The number of urea groups is 1. The number of amides is 3. The highest BCUT2D eigenvalue weighted by Gasteiger charge is 2.45. The molecule has 2 aliphatic heterocycles. The summed E-state index contributed by atoms with van der Waals surface area (Å²) in [6.07, 6.45) is 3.56. The predicted molar refractivity (Wildman–Crippen MR) is 142 cm³/mol. The van der Waals surface area contributed by atoms with E-state index >= 15 is 0 Å². The van der Waals surface area contributed by atoms with Gasteiger partial charge in [-0.15, -0.1) is 0 Å². The first-order valence-electron chi connectivity index (χ1n) is 12.7. The molecule has 0 spiro atoms. The van der Waals surface area contributed by atoms with Crippen LogP contribution in [0.15, 0.2) is 65.9 Å². The zero-order valence-electron chi connectivity index (χ0n) is 22.0.